The largest absolute Gasteiger partial charge is 0.326 e. The number of sulfonamides is 1. The molecule has 0 aromatic heterocycles. The van der Waals surface area contributed by atoms with Crippen molar-refractivity contribution in [3.63, 3.8) is 0 Å². The van der Waals surface area contributed by atoms with E-state index in [0.29, 0.717) is 42.6 Å². The second-order valence-corrected chi connectivity index (χ2v) is 11.5. The number of carbonyl (C=O) groups is 3. The first-order chi connectivity index (χ1) is 16.6. The maximum absolute atomic E-state index is 13.0. The van der Waals surface area contributed by atoms with Gasteiger partial charge in [0.1, 0.15) is 6.67 Å². The Morgan fingerprint density at radius 1 is 1.00 bits per heavy atom. The maximum Gasteiger partial charge on any atom is 0.266 e. The van der Waals surface area contributed by atoms with Crippen LogP contribution in [0.15, 0.2) is 42.5 Å². The molecule has 0 atom stereocenters. The topological polar surface area (TPSA) is 113 Å². The van der Waals surface area contributed by atoms with Crippen molar-refractivity contribution in [2.75, 3.05) is 10.2 Å². The number of amides is 3. The molecule has 2 N–H and O–H groups in total. The van der Waals surface area contributed by atoms with Crippen LogP contribution in [0, 0.1) is 5.92 Å². The molecule has 2 aromatic carbocycles. The summed E-state index contributed by atoms with van der Waals surface area (Å²) in [6.07, 6.45) is 2.22. The van der Waals surface area contributed by atoms with Crippen LogP contribution in [0.2, 0.25) is 0 Å². The van der Waals surface area contributed by atoms with E-state index in [-0.39, 0.29) is 29.0 Å². The molecule has 2 aliphatic rings. The third-order valence-corrected chi connectivity index (χ3v) is 8.46. The van der Waals surface area contributed by atoms with Crippen molar-refractivity contribution in [2.45, 2.75) is 57.5 Å². The van der Waals surface area contributed by atoms with Gasteiger partial charge >= 0.3 is 0 Å². The highest BCUT2D eigenvalue weighted by atomic mass is 32.2. The molecule has 0 unspecified atom stereocenters. The van der Waals surface area contributed by atoms with Crippen molar-refractivity contribution in [3.05, 3.63) is 59.2 Å². The molecule has 0 radical (unpaired) electrons. The predicted molar refractivity (Wildman–Crippen MR) is 130 cm³/mol. The highest BCUT2D eigenvalue weighted by molar-refractivity contribution is 7.90. The molecular formula is C25H28FN3O5S. The van der Waals surface area contributed by atoms with Gasteiger partial charge in [-0.3, -0.25) is 14.4 Å². The predicted octanol–water partition coefficient (Wildman–Crippen LogP) is 3.78. The van der Waals surface area contributed by atoms with Crippen LogP contribution in [-0.2, 0) is 21.5 Å². The maximum atomic E-state index is 13.0. The molecule has 186 valence electrons. The number of hydrogen-bond donors (Lipinski definition) is 2. The Morgan fingerprint density at radius 2 is 1.63 bits per heavy atom. The van der Waals surface area contributed by atoms with E-state index in [1.54, 1.807) is 19.9 Å². The first-order valence-electron chi connectivity index (χ1n) is 11.6. The standard InChI is InChI=1S/C25H28FN3O5S/c1-15(2)35(33,34)28-18-7-5-17(6-8-18)23(30)27-19-9-12-21-22(13-19)25(32)29(24(21)31)20-10-3-16(14-26)4-11-20/h3-4,9-13,15,17-18,28H,5-8,14H2,1-2H3,(H,27,30). The summed E-state index contributed by atoms with van der Waals surface area (Å²) in [5, 5.41) is 2.32. The van der Waals surface area contributed by atoms with Crippen molar-refractivity contribution in [3.8, 4) is 0 Å². The van der Waals surface area contributed by atoms with Gasteiger partial charge in [0.05, 0.1) is 22.1 Å². The van der Waals surface area contributed by atoms with Crippen molar-refractivity contribution < 1.29 is 27.2 Å². The van der Waals surface area contributed by atoms with E-state index in [4.69, 9.17) is 0 Å². The lowest BCUT2D eigenvalue weighted by molar-refractivity contribution is -0.120. The molecule has 0 spiro atoms. The number of alkyl halides is 1. The summed E-state index contributed by atoms with van der Waals surface area (Å²) in [5.74, 6) is -1.46. The van der Waals surface area contributed by atoms with Gasteiger partial charge in [-0.2, -0.15) is 0 Å². The zero-order valence-corrected chi connectivity index (χ0v) is 20.4. The number of fused-ring (bicyclic) bond motifs is 1. The minimum absolute atomic E-state index is 0.181. The zero-order chi connectivity index (χ0) is 25.3. The van der Waals surface area contributed by atoms with Crippen LogP contribution >= 0.6 is 0 Å². The molecule has 0 bridgehead atoms. The van der Waals surface area contributed by atoms with Gasteiger partial charge in [-0.25, -0.2) is 22.4 Å². The van der Waals surface area contributed by atoms with Gasteiger partial charge in [0, 0.05) is 17.6 Å². The van der Waals surface area contributed by atoms with Crippen LogP contribution in [-0.4, -0.2) is 37.4 Å². The number of carbonyl (C=O) groups excluding carboxylic acids is 3. The van der Waals surface area contributed by atoms with E-state index in [9.17, 15) is 27.2 Å². The van der Waals surface area contributed by atoms with Crippen LogP contribution in [0.5, 0.6) is 0 Å². The average molecular weight is 502 g/mol. The fourth-order valence-corrected chi connectivity index (χ4v) is 5.35. The van der Waals surface area contributed by atoms with Gasteiger partial charge < -0.3 is 5.32 Å². The molecule has 10 heteroatoms. The lowest BCUT2D eigenvalue weighted by Gasteiger charge is -2.28. The van der Waals surface area contributed by atoms with Crippen molar-refractivity contribution in [1.29, 1.82) is 0 Å². The smallest absolute Gasteiger partial charge is 0.266 e. The monoisotopic (exact) mass is 501 g/mol. The zero-order valence-electron chi connectivity index (χ0n) is 19.6. The molecule has 4 rings (SSSR count). The number of imide groups is 1. The van der Waals surface area contributed by atoms with Crippen LogP contribution in [0.1, 0.15) is 65.8 Å². The summed E-state index contributed by atoms with van der Waals surface area (Å²) in [6.45, 7) is 2.61. The third-order valence-electron chi connectivity index (χ3n) is 6.55. The van der Waals surface area contributed by atoms with E-state index in [1.807, 2.05) is 0 Å². The third kappa shape index (κ3) is 5.13. The SMILES string of the molecule is CC(C)S(=O)(=O)NC1CCC(C(=O)Nc2ccc3c(c2)C(=O)N(c2ccc(CF)cc2)C3=O)CC1. The van der Waals surface area contributed by atoms with E-state index in [0.717, 1.165) is 4.90 Å². The summed E-state index contributed by atoms with van der Waals surface area (Å²) >= 11 is 0. The highest BCUT2D eigenvalue weighted by Crippen LogP contribution is 2.31. The Kier molecular flexibility index (Phi) is 7.05. The normalized spacial score (nSPS) is 20.3. The summed E-state index contributed by atoms with van der Waals surface area (Å²) in [7, 11) is -3.36. The molecule has 35 heavy (non-hydrogen) atoms. The quantitative estimate of drug-likeness (QED) is 0.561. The number of anilines is 2. The summed E-state index contributed by atoms with van der Waals surface area (Å²) in [6, 6.07) is 10.5. The summed E-state index contributed by atoms with van der Waals surface area (Å²) in [5.41, 5.74) is 1.63. The van der Waals surface area contributed by atoms with Crippen LogP contribution in [0.4, 0.5) is 15.8 Å². The van der Waals surface area contributed by atoms with Crippen LogP contribution in [0.3, 0.4) is 0 Å². The number of hydrogen-bond acceptors (Lipinski definition) is 5. The molecule has 1 aliphatic carbocycles. The summed E-state index contributed by atoms with van der Waals surface area (Å²) in [4.78, 5) is 39.6. The molecule has 3 amide bonds. The Morgan fingerprint density at radius 3 is 2.23 bits per heavy atom. The molecule has 1 heterocycles. The highest BCUT2D eigenvalue weighted by Gasteiger charge is 2.37. The molecule has 1 fully saturated rings. The van der Waals surface area contributed by atoms with Gasteiger partial charge in [0.25, 0.3) is 11.8 Å². The number of rotatable bonds is 7. The van der Waals surface area contributed by atoms with Gasteiger partial charge in [-0.05, 0) is 75.4 Å². The van der Waals surface area contributed by atoms with Gasteiger partial charge in [-0.15, -0.1) is 0 Å². The molecule has 8 nitrogen and oxygen atoms in total. The van der Waals surface area contributed by atoms with Gasteiger partial charge in [-0.1, -0.05) is 12.1 Å². The second-order valence-electron chi connectivity index (χ2n) is 9.26. The Balaban J connectivity index is 1.40. The van der Waals surface area contributed by atoms with E-state index in [1.165, 1.54) is 36.4 Å². The minimum Gasteiger partial charge on any atom is -0.326 e. The van der Waals surface area contributed by atoms with Crippen molar-refractivity contribution in [1.82, 2.24) is 4.72 Å². The Labute approximate surface area is 203 Å². The summed E-state index contributed by atoms with van der Waals surface area (Å²) < 4.78 is 39.7. The van der Waals surface area contributed by atoms with E-state index >= 15 is 0 Å². The fraction of sp³-hybridized carbons (Fsp3) is 0.400. The van der Waals surface area contributed by atoms with Gasteiger partial charge in [0.2, 0.25) is 15.9 Å². The molecule has 1 saturated carbocycles. The van der Waals surface area contributed by atoms with Crippen LogP contribution < -0.4 is 14.9 Å². The number of halogens is 1. The number of nitrogens with one attached hydrogen (secondary N) is 2. The molecule has 1 aliphatic heterocycles. The number of nitrogens with zero attached hydrogens (tertiary/aromatic N) is 1. The van der Waals surface area contributed by atoms with Crippen LogP contribution in [0.25, 0.3) is 0 Å². The Bertz CT molecular complexity index is 1250. The average Bonchev–Trinajstić information content (AvgIpc) is 3.08. The van der Waals surface area contributed by atoms with Crippen molar-refractivity contribution in [2.24, 2.45) is 5.92 Å². The van der Waals surface area contributed by atoms with Gasteiger partial charge in [0.15, 0.2) is 0 Å². The second kappa shape index (κ2) is 9.87. The lowest BCUT2D eigenvalue weighted by Crippen LogP contribution is -2.42. The number of benzene rings is 2. The minimum atomic E-state index is -3.36. The van der Waals surface area contributed by atoms with E-state index in [2.05, 4.69) is 10.0 Å². The Hall–Kier alpha value is -3.11. The first-order valence-corrected chi connectivity index (χ1v) is 13.1. The molecular weight excluding hydrogens is 473 g/mol. The van der Waals surface area contributed by atoms with Crippen molar-refractivity contribution >= 4 is 39.1 Å². The lowest BCUT2D eigenvalue weighted by atomic mass is 9.86. The van der Waals surface area contributed by atoms with E-state index < -0.39 is 33.8 Å². The fourth-order valence-electron chi connectivity index (χ4n) is 4.37. The molecule has 2 aromatic rings. The molecule has 0 saturated heterocycles. The first kappa shape index (κ1) is 25.0.